The Balaban J connectivity index is 1.64. The number of anilines is 1. The van der Waals surface area contributed by atoms with E-state index in [2.05, 4.69) is 62.5 Å². The number of benzene rings is 3. The first-order valence-corrected chi connectivity index (χ1v) is 10.9. The Bertz CT molecular complexity index is 1130. The van der Waals surface area contributed by atoms with Gasteiger partial charge in [0.05, 0.1) is 5.41 Å². The van der Waals surface area contributed by atoms with Crippen molar-refractivity contribution in [2.24, 2.45) is 0 Å². The van der Waals surface area contributed by atoms with E-state index in [9.17, 15) is 15.0 Å². The average molecular weight is 416 g/mol. The van der Waals surface area contributed by atoms with E-state index < -0.39 is 5.41 Å². The van der Waals surface area contributed by atoms with Crippen molar-refractivity contribution in [3.8, 4) is 22.6 Å². The van der Waals surface area contributed by atoms with E-state index >= 15 is 0 Å². The van der Waals surface area contributed by atoms with Crippen LogP contribution in [-0.4, -0.2) is 16.1 Å². The number of phenolic OH excluding ortho intramolecular Hbond substituents is 2. The van der Waals surface area contributed by atoms with Gasteiger partial charge >= 0.3 is 0 Å². The SMILES string of the molecule is CCc1ccc(NC(=O)C2(c3ccc(O)c(O)c3)CC2)cc1-c1cccc(C(C)C)c1. The van der Waals surface area contributed by atoms with Crippen LogP contribution in [0.25, 0.3) is 11.1 Å². The first kappa shape index (κ1) is 21.0. The highest BCUT2D eigenvalue weighted by Crippen LogP contribution is 2.50. The number of carbonyl (C=O) groups is 1. The van der Waals surface area contributed by atoms with Gasteiger partial charge in [0.2, 0.25) is 5.91 Å². The van der Waals surface area contributed by atoms with Crippen LogP contribution in [0, 0.1) is 0 Å². The summed E-state index contributed by atoms with van der Waals surface area (Å²) in [6.45, 7) is 6.51. The number of aryl methyl sites for hydroxylation is 1. The molecule has 0 heterocycles. The van der Waals surface area contributed by atoms with Gasteiger partial charge in [-0.2, -0.15) is 0 Å². The molecule has 0 atom stereocenters. The second-order valence-corrected chi connectivity index (χ2v) is 8.75. The Labute approximate surface area is 183 Å². The van der Waals surface area contributed by atoms with Crippen LogP contribution in [0.3, 0.4) is 0 Å². The van der Waals surface area contributed by atoms with Gasteiger partial charge in [-0.3, -0.25) is 4.79 Å². The zero-order valence-corrected chi connectivity index (χ0v) is 18.3. The predicted octanol–water partition coefficient (Wildman–Crippen LogP) is 6.12. The van der Waals surface area contributed by atoms with E-state index in [0.29, 0.717) is 5.92 Å². The summed E-state index contributed by atoms with van der Waals surface area (Å²) in [7, 11) is 0. The average Bonchev–Trinajstić information content (AvgIpc) is 3.58. The fourth-order valence-electron chi connectivity index (χ4n) is 4.14. The van der Waals surface area contributed by atoms with Gasteiger partial charge in [-0.05, 0) is 77.3 Å². The maximum absolute atomic E-state index is 13.2. The van der Waals surface area contributed by atoms with Crippen molar-refractivity contribution < 1.29 is 15.0 Å². The standard InChI is InChI=1S/C27H29NO3/c1-4-18-8-10-22(16-23(18)20-7-5-6-19(14-20)17(2)3)28-26(31)27(12-13-27)21-9-11-24(29)25(30)15-21/h5-11,14-17,29-30H,4,12-13H2,1-3H3,(H,28,31). The minimum absolute atomic E-state index is 0.0799. The molecule has 4 rings (SSSR count). The van der Waals surface area contributed by atoms with E-state index in [-0.39, 0.29) is 17.4 Å². The lowest BCUT2D eigenvalue weighted by Crippen LogP contribution is -2.27. The smallest absolute Gasteiger partial charge is 0.235 e. The van der Waals surface area contributed by atoms with Crippen molar-refractivity contribution in [1.29, 1.82) is 0 Å². The number of amides is 1. The Morgan fingerprint density at radius 3 is 2.42 bits per heavy atom. The number of nitrogens with one attached hydrogen (secondary N) is 1. The normalized spacial score (nSPS) is 14.5. The topological polar surface area (TPSA) is 69.6 Å². The largest absolute Gasteiger partial charge is 0.504 e. The molecule has 0 saturated heterocycles. The molecule has 1 aliphatic rings. The van der Waals surface area contributed by atoms with Gasteiger partial charge < -0.3 is 15.5 Å². The Morgan fingerprint density at radius 2 is 1.77 bits per heavy atom. The van der Waals surface area contributed by atoms with Crippen molar-refractivity contribution in [3.05, 3.63) is 77.4 Å². The number of phenols is 2. The van der Waals surface area contributed by atoms with Gasteiger partial charge in [-0.1, -0.05) is 57.2 Å². The van der Waals surface area contributed by atoms with Gasteiger partial charge in [0.25, 0.3) is 0 Å². The van der Waals surface area contributed by atoms with Crippen LogP contribution in [-0.2, 0) is 16.6 Å². The maximum atomic E-state index is 13.2. The molecular weight excluding hydrogens is 386 g/mol. The van der Waals surface area contributed by atoms with Crippen LogP contribution in [0.2, 0.25) is 0 Å². The van der Waals surface area contributed by atoms with Crippen LogP contribution in [0.15, 0.2) is 60.7 Å². The van der Waals surface area contributed by atoms with Gasteiger partial charge in [0, 0.05) is 5.69 Å². The van der Waals surface area contributed by atoms with Crippen molar-refractivity contribution in [2.75, 3.05) is 5.32 Å². The molecule has 0 unspecified atom stereocenters. The Morgan fingerprint density at radius 1 is 1.00 bits per heavy atom. The molecule has 160 valence electrons. The maximum Gasteiger partial charge on any atom is 0.235 e. The summed E-state index contributed by atoms with van der Waals surface area (Å²) in [5, 5.41) is 22.6. The minimum atomic E-state index is -0.646. The van der Waals surface area contributed by atoms with Gasteiger partial charge in [-0.15, -0.1) is 0 Å². The Kier molecular flexibility index (Phi) is 5.48. The first-order valence-electron chi connectivity index (χ1n) is 10.9. The van der Waals surface area contributed by atoms with Crippen molar-refractivity contribution in [2.45, 2.75) is 51.4 Å². The third-order valence-electron chi connectivity index (χ3n) is 6.33. The van der Waals surface area contributed by atoms with Crippen LogP contribution < -0.4 is 5.32 Å². The molecule has 4 nitrogen and oxygen atoms in total. The highest BCUT2D eigenvalue weighted by atomic mass is 16.3. The lowest BCUT2D eigenvalue weighted by molar-refractivity contribution is -0.118. The molecule has 0 radical (unpaired) electrons. The first-order chi connectivity index (χ1) is 14.8. The van der Waals surface area contributed by atoms with E-state index in [1.54, 1.807) is 6.07 Å². The molecule has 3 aromatic rings. The Hall–Kier alpha value is -3.27. The summed E-state index contributed by atoms with van der Waals surface area (Å²) >= 11 is 0. The number of carbonyl (C=O) groups excluding carboxylic acids is 1. The van der Waals surface area contributed by atoms with Crippen LogP contribution in [0.1, 0.15) is 56.2 Å². The number of aromatic hydroxyl groups is 2. The number of hydrogen-bond acceptors (Lipinski definition) is 3. The van der Waals surface area contributed by atoms with E-state index in [1.807, 2.05) is 6.07 Å². The lowest BCUT2D eigenvalue weighted by Gasteiger charge is -2.18. The molecule has 0 bridgehead atoms. The van der Waals surface area contributed by atoms with E-state index in [1.165, 1.54) is 23.3 Å². The molecule has 1 saturated carbocycles. The van der Waals surface area contributed by atoms with Crippen molar-refractivity contribution >= 4 is 11.6 Å². The highest BCUT2D eigenvalue weighted by Gasteiger charge is 2.51. The van der Waals surface area contributed by atoms with Crippen LogP contribution >= 0.6 is 0 Å². The lowest BCUT2D eigenvalue weighted by atomic mass is 9.92. The fraction of sp³-hybridized carbons (Fsp3) is 0.296. The molecule has 4 heteroatoms. The minimum Gasteiger partial charge on any atom is -0.504 e. The monoisotopic (exact) mass is 415 g/mol. The molecule has 1 fully saturated rings. The van der Waals surface area contributed by atoms with E-state index in [4.69, 9.17) is 0 Å². The van der Waals surface area contributed by atoms with E-state index in [0.717, 1.165) is 41.6 Å². The summed E-state index contributed by atoms with van der Waals surface area (Å²) < 4.78 is 0. The molecular formula is C27H29NO3. The predicted molar refractivity (Wildman–Crippen MR) is 125 cm³/mol. The fourth-order valence-corrected chi connectivity index (χ4v) is 4.14. The molecule has 3 aromatic carbocycles. The second kappa shape index (κ2) is 8.10. The van der Waals surface area contributed by atoms with Gasteiger partial charge in [0.1, 0.15) is 0 Å². The quantitative estimate of drug-likeness (QED) is 0.425. The highest BCUT2D eigenvalue weighted by molar-refractivity contribution is 6.02. The van der Waals surface area contributed by atoms with Crippen LogP contribution in [0.5, 0.6) is 11.5 Å². The molecule has 0 aromatic heterocycles. The van der Waals surface area contributed by atoms with Crippen molar-refractivity contribution in [1.82, 2.24) is 0 Å². The third-order valence-corrected chi connectivity index (χ3v) is 6.33. The summed E-state index contributed by atoms with van der Waals surface area (Å²) in [6, 6.07) is 19.3. The van der Waals surface area contributed by atoms with Crippen LogP contribution in [0.4, 0.5) is 5.69 Å². The second-order valence-electron chi connectivity index (χ2n) is 8.75. The van der Waals surface area contributed by atoms with Crippen molar-refractivity contribution in [3.63, 3.8) is 0 Å². The van der Waals surface area contributed by atoms with Gasteiger partial charge in [-0.25, -0.2) is 0 Å². The third kappa shape index (κ3) is 4.02. The molecule has 0 spiro atoms. The molecule has 0 aliphatic heterocycles. The zero-order valence-electron chi connectivity index (χ0n) is 18.3. The summed E-state index contributed by atoms with van der Waals surface area (Å²) in [4.78, 5) is 13.2. The summed E-state index contributed by atoms with van der Waals surface area (Å²) in [5.74, 6) is -0.00680. The summed E-state index contributed by atoms with van der Waals surface area (Å²) in [6.07, 6.45) is 2.35. The number of hydrogen-bond donors (Lipinski definition) is 3. The van der Waals surface area contributed by atoms with Gasteiger partial charge in [0.15, 0.2) is 11.5 Å². The molecule has 1 amide bonds. The summed E-state index contributed by atoms with van der Waals surface area (Å²) in [5.41, 5.74) is 5.67. The molecule has 1 aliphatic carbocycles. The zero-order chi connectivity index (χ0) is 22.2. The molecule has 3 N–H and O–H groups in total. The molecule has 31 heavy (non-hydrogen) atoms. The number of rotatable bonds is 6.